The zero-order chi connectivity index (χ0) is 22.0. The molecule has 0 unspecified atom stereocenters. The number of benzene rings is 1. The van der Waals surface area contributed by atoms with Crippen LogP contribution >= 0.6 is 0 Å². The van der Waals surface area contributed by atoms with Crippen molar-refractivity contribution in [3.8, 4) is 11.3 Å². The number of carbonyl (C=O) groups excluding carboxylic acids is 1. The maximum Gasteiger partial charge on any atom is 0.214 e. The molecule has 0 aliphatic carbocycles. The van der Waals surface area contributed by atoms with Crippen LogP contribution in [-0.2, 0) is 0 Å². The van der Waals surface area contributed by atoms with Crippen LogP contribution in [0.3, 0.4) is 0 Å². The van der Waals surface area contributed by atoms with Gasteiger partial charge in [-0.1, -0.05) is 26.0 Å². The van der Waals surface area contributed by atoms with Gasteiger partial charge in [-0.25, -0.2) is 4.98 Å². The molecule has 31 heavy (non-hydrogen) atoms. The monoisotopic (exact) mass is 418 g/mol. The average Bonchev–Trinajstić information content (AvgIpc) is 3.19. The minimum atomic E-state index is -0.196. The number of furan rings is 1. The molecule has 3 aromatic rings. The molecule has 1 atom stereocenters. The molecule has 3 heterocycles. The van der Waals surface area contributed by atoms with Crippen LogP contribution in [0.4, 0.5) is 11.5 Å². The van der Waals surface area contributed by atoms with Gasteiger partial charge in [0.2, 0.25) is 5.78 Å². The summed E-state index contributed by atoms with van der Waals surface area (Å²) in [7, 11) is 0. The molecule has 6 heteroatoms. The number of nitrogens with two attached hydrogens (primary N) is 1. The van der Waals surface area contributed by atoms with E-state index in [1.165, 1.54) is 0 Å². The van der Waals surface area contributed by atoms with Gasteiger partial charge >= 0.3 is 0 Å². The van der Waals surface area contributed by atoms with E-state index in [0.29, 0.717) is 40.2 Å². The highest BCUT2D eigenvalue weighted by Crippen LogP contribution is 2.30. The van der Waals surface area contributed by atoms with Gasteiger partial charge in [0.15, 0.2) is 0 Å². The number of nitrogens with zero attached hydrogens (tertiary/aromatic N) is 2. The summed E-state index contributed by atoms with van der Waals surface area (Å²) in [5, 5.41) is 3.59. The molecule has 4 rings (SSSR count). The molecule has 0 amide bonds. The van der Waals surface area contributed by atoms with Crippen molar-refractivity contribution < 1.29 is 9.21 Å². The number of rotatable bonds is 6. The van der Waals surface area contributed by atoms with Crippen LogP contribution in [0.25, 0.3) is 11.3 Å². The molecule has 1 saturated heterocycles. The molecular formula is C25H30N4O2. The van der Waals surface area contributed by atoms with Gasteiger partial charge in [-0.05, 0) is 55.7 Å². The van der Waals surface area contributed by atoms with E-state index in [-0.39, 0.29) is 5.78 Å². The van der Waals surface area contributed by atoms with E-state index in [9.17, 15) is 4.79 Å². The second kappa shape index (κ2) is 8.94. The third-order valence-corrected chi connectivity index (χ3v) is 5.64. The molecule has 2 aromatic heterocycles. The number of nitrogens with one attached hydrogen (secondary N) is 1. The highest BCUT2D eigenvalue weighted by atomic mass is 16.3. The first-order valence-electron chi connectivity index (χ1n) is 10.9. The molecule has 0 spiro atoms. The van der Waals surface area contributed by atoms with Gasteiger partial charge in [0.25, 0.3) is 0 Å². The molecule has 0 radical (unpaired) electrons. The Hall–Kier alpha value is -3.12. The van der Waals surface area contributed by atoms with Gasteiger partial charge in [0.1, 0.15) is 23.0 Å². The lowest BCUT2D eigenvalue weighted by Gasteiger charge is -2.35. The Labute approximate surface area is 183 Å². The van der Waals surface area contributed by atoms with E-state index >= 15 is 0 Å². The summed E-state index contributed by atoms with van der Waals surface area (Å²) in [6, 6.07) is 15.2. The lowest BCUT2D eigenvalue weighted by molar-refractivity contribution is 0.103. The minimum absolute atomic E-state index is 0.196. The minimum Gasteiger partial charge on any atom is -0.461 e. The van der Waals surface area contributed by atoms with E-state index in [4.69, 9.17) is 15.1 Å². The van der Waals surface area contributed by atoms with Crippen molar-refractivity contribution in [3.63, 3.8) is 0 Å². The topological polar surface area (TPSA) is 84.4 Å². The van der Waals surface area contributed by atoms with E-state index in [1.54, 1.807) is 12.1 Å². The quantitative estimate of drug-likeness (QED) is 0.459. The number of piperazine rings is 1. The Morgan fingerprint density at radius 2 is 2.03 bits per heavy atom. The first-order valence-corrected chi connectivity index (χ1v) is 10.9. The van der Waals surface area contributed by atoms with Crippen molar-refractivity contribution in [3.05, 3.63) is 65.5 Å². The van der Waals surface area contributed by atoms with E-state index in [0.717, 1.165) is 37.6 Å². The summed E-state index contributed by atoms with van der Waals surface area (Å²) in [6.45, 7) is 8.97. The number of aromatic nitrogens is 1. The predicted molar refractivity (Wildman–Crippen MR) is 124 cm³/mol. The zero-order valence-corrected chi connectivity index (χ0v) is 18.4. The highest BCUT2D eigenvalue weighted by molar-refractivity contribution is 6.14. The lowest BCUT2D eigenvalue weighted by atomic mass is 10.00. The third-order valence-electron chi connectivity index (χ3n) is 5.64. The maximum absolute atomic E-state index is 13.5. The lowest BCUT2D eigenvalue weighted by Crippen LogP contribution is -2.51. The second-order valence-electron chi connectivity index (χ2n) is 8.62. The number of carbonyl (C=O) groups is 1. The van der Waals surface area contributed by atoms with Crippen LogP contribution in [0, 0.1) is 12.8 Å². The van der Waals surface area contributed by atoms with Crippen LogP contribution in [0.2, 0.25) is 0 Å². The number of para-hydroxylation sites is 1. The third kappa shape index (κ3) is 4.64. The van der Waals surface area contributed by atoms with Gasteiger partial charge in [-0.15, -0.1) is 0 Å². The van der Waals surface area contributed by atoms with Crippen molar-refractivity contribution in [2.24, 2.45) is 5.92 Å². The summed E-state index contributed by atoms with van der Waals surface area (Å²) < 4.78 is 5.83. The van der Waals surface area contributed by atoms with E-state index < -0.39 is 0 Å². The molecule has 0 bridgehead atoms. The molecular weight excluding hydrogens is 388 g/mol. The fraction of sp³-hybridized carbons (Fsp3) is 0.360. The first-order chi connectivity index (χ1) is 14.9. The Bertz CT molecular complexity index is 1070. The van der Waals surface area contributed by atoms with Gasteiger partial charge in [-0.2, -0.15) is 0 Å². The molecule has 3 N–H and O–H groups in total. The Balaban J connectivity index is 1.73. The van der Waals surface area contributed by atoms with Gasteiger partial charge in [0.05, 0.1) is 0 Å². The van der Waals surface area contributed by atoms with Crippen LogP contribution in [-0.4, -0.2) is 36.4 Å². The summed E-state index contributed by atoms with van der Waals surface area (Å²) in [4.78, 5) is 20.6. The van der Waals surface area contributed by atoms with Gasteiger partial charge < -0.3 is 20.4 Å². The zero-order valence-electron chi connectivity index (χ0n) is 18.4. The van der Waals surface area contributed by atoms with Crippen molar-refractivity contribution in [1.29, 1.82) is 0 Å². The molecule has 1 fully saturated rings. The fourth-order valence-corrected chi connectivity index (χ4v) is 4.17. The SMILES string of the molecule is Cc1ccc(-c2ccc(N3CCN[C@@H](CC(C)C)C3)nc2C(=O)c2ccccc2N)o1. The normalized spacial score (nSPS) is 16.6. The summed E-state index contributed by atoms with van der Waals surface area (Å²) in [6.07, 6.45) is 1.10. The summed E-state index contributed by atoms with van der Waals surface area (Å²) in [5.41, 5.74) is 8.05. The Morgan fingerprint density at radius 3 is 2.74 bits per heavy atom. The smallest absolute Gasteiger partial charge is 0.214 e. The highest BCUT2D eigenvalue weighted by Gasteiger charge is 2.25. The first kappa shape index (κ1) is 21.1. The number of aryl methyl sites for hydroxylation is 1. The van der Waals surface area contributed by atoms with Crippen molar-refractivity contribution >= 4 is 17.3 Å². The largest absolute Gasteiger partial charge is 0.461 e. The number of anilines is 2. The average molecular weight is 419 g/mol. The number of nitrogen functional groups attached to an aromatic ring is 1. The van der Waals surface area contributed by atoms with Gasteiger partial charge in [0, 0.05) is 42.5 Å². The number of hydrogen-bond acceptors (Lipinski definition) is 6. The molecule has 1 aromatic carbocycles. The molecule has 162 valence electrons. The fourth-order valence-electron chi connectivity index (χ4n) is 4.17. The number of pyridine rings is 1. The van der Waals surface area contributed by atoms with Crippen LogP contribution in [0.1, 0.15) is 42.1 Å². The molecule has 1 aliphatic rings. The number of ketones is 1. The Kier molecular flexibility index (Phi) is 6.09. The predicted octanol–water partition coefficient (Wildman–Crippen LogP) is 4.29. The molecule has 1 aliphatic heterocycles. The van der Waals surface area contributed by atoms with Crippen LogP contribution < -0.4 is 16.0 Å². The van der Waals surface area contributed by atoms with Crippen molar-refractivity contribution in [1.82, 2.24) is 10.3 Å². The van der Waals surface area contributed by atoms with Crippen LogP contribution in [0.15, 0.2) is 52.9 Å². The summed E-state index contributed by atoms with van der Waals surface area (Å²) in [5.74, 6) is 2.65. The maximum atomic E-state index is 13.5. The second-order valence-corrected chi connectivity index (χ2v) is 8.62. The van der Waals surface area contributed by atoms with Crippen molar-refractivity contribution in [2.75, 3.05) is 30.3 Å². The number of hydrogen-bond donors (Lipinski definition) is 2. The molecule has 0 saturated carbocycles. The summed E-state index contributed by atoms with van der Waals surface area (Å²) >= 11 is 0. The molecule has 6 nitrogen and oxygen atoms in total. The standard InChI is InChI=1S/C25H30N4O2/c1-16(2)14-18-15-29(13-12-27-18)23-11-9-20(22-10-8-17(3)31-22)24(28-23)25(30)19-6-4-5-7-21(19)26/h4-11,16,18,27H,12-15,26H2,1-3H3/t18-/m0/s1. The van der Waals surface area contributed by atoms with E-state index in [1.807, 2.05) is 43.3 Å². The van der Waals surface area contributed by atoms with Gasteiger partial charge in [-0.3, -0.25) is 4.79 Å². The van der Waals surface area contributed by atoms with Crippen molar-refractivity contribution in [2.45, 2.75) is 33.2 Å². The van der Waals surface area contributed by atoms with E-state index in [2.05, 4.69) is 24.1 Å². The van der Waals surface area contributed by atoms with Crippen LogP contribution in [0.5, 0.6) is 0 Å². The Morgan fingerprint density at radius 1 is 1.23 bits per heavy atom.